The number of nitrogens with zero attached hydrogens (tertiary/aromatic N) is 1. The largest absolute Gasteiger partial charge is 0.611 e. The van der Waals surface area contributed by atoms with Gasteiger partial charge in [0.2, 0.25) is 4.90 Å². The molecule has 0 radical (unpaired) electrons. The van der Waals surface area contributed by atoms with Gasteiger partial charge in [0.1, 0.15) is 6.26 Å². The quantitative estimate of drug-likeness (QED) is 0.531. The zero-order chi connectivity index (χ0) is 19.8. The van der Waals surface area contributed by atoms with Crippen LogP contribution in [0.2, 0.25) is 10.0 Å². The molecule has 142 valence electrons. The Morgan fingerprint density at radius 2 is 2.04 bits per heavy atom. The van der Waals surface area contributed by atoms with E-state index in [0.29, 0.717) is 18.4 Å². The Kier molecular flexibility index (Phi) is 6.17. The number of anilines is 1. The first-order valence-electron chi connectivity index (χ1n) is 7.26. The summed E-state index contributed by atoms with van der Waals surface area (Å²) < 4.78 is 51.9. The molecule has 26 heavy (non-hydrogen) atoms. The molecule has 0 aliphatic carbocycles. The van der Waals surface area contributed by atoms with Gasteiger partial charge in [-0.15, -0.1) is 0 Å². The Bertz CT molecular complexity index is 854. The highest BCUT2D eigenvalue weighted by molar-refractivity contribution is 7.91. The Balaban J connectivity index is 2.85. The van der Waals surface area contributed by atoms with Crippen LogP contribution in [0.3, 0.4) is 0 Å². The molecule has 1 aromatic heterocycles. The van der Waals surface area contributed by atoms with Crippen LogP contribution in [0.1, 0.15) is 29.8 Å². The minimum Gasteiger partial charge on any atom is -0.611 e. The molecule has 0 spiro atoms. The molecular weight excluding hydrogens is 414 g/mol. The van der Waals surface area contributed by atoms with Crippen LogP contribution in [-0.2, 0) is 17.4 Å². The molecule has 1 atom stereocenters. The number of aromatic nitrogens is 2. The van der Waals surface area contributed by atoms with E-state index in [1.165, 1.54) is 6.26 Å². The van der Waals surface area contributed by atoms with Gasteiger partial charge in [0.05, 0.1) is 15.6 Å². The van der Waals surface area contributed by atoms with Gasteiger partial charge in [-0.2, -0.15) is 18.3 Å². The van der Waals surface area contributed by atoms with Crippen LogP contribution in [0.15, 0.2) is 11.0 Å². The lowest BCUT2D eigenvalue weighted by atomic mass is 9.98. The van der Waals surface area contributed by atoms with Crippen LogP contribution in [0.4, 0.5) is 19.0 Å². The van der Waals surface area contributed by atoms with Crippen molar-refractivity contribution < 1.29 is 22.5 Å². The molecule has 0 fully saturated rings. The Morgan fingerprint density at radius 3 is 2.50 bits per heavy atom. The number of aromatic amines is 1. The molecule has 0 amide bonds. The molecule has 1 heterocycles. The Hall–Kier alpha value is -1.42. The van der Waals surface area contributed by atoms with E-state index in [0.717, 1.165) is 6.92 Å². The van der Waals surface area contributed by atoms with Crippen molar-refractivity contribution in [3.05, 3.63) is 27.2 Å². The summed E-state index contributed by atoms with van der Waals surface area (Å²) in [4.78, 5) is 12.0. The van der Waals surface area contributed by atoms with Gasteiger partial charge in [-0.3, -0.25) is 9.89 Å². The van der Waals surface area contributed by atoms with Gasteiger partial charge < -0.3 is 9.87 Å². The van der Waals surface area contributed by atoms with Crippen molar-refractivity contribution in [2.24, 2.45) is 0 Å². The lowest BCUT2D eigenvalue weighted by molar-refractivity contribution is -0.137. The molecule has 0 saturated heterocycles. The van der Waals surface area contributed by atoms with Crippen LogP contribution < -0.4 is 5.32 Å². The minimum absolute atomic E-state index is 0.0213. The number of carbonyl (C=O) groups excluding carboxylic acids is 1. The Morgan fingerprint density at radius 1 is 1.42 bits per heavy atom. The van der Waals surface area contributed by atoms with Crippen molar-refractivity contribution in [3.63, 3.8) is 0 Å². The van der Waals surface area contributed by atoms with Gasteiger partial charge in [-0.05, 0) is 31.1 Å². The maximum atomic E-state index is 13.3. The van der Waals surface area contributed by atoms with Crippen molar-refractivity contribution in [3.8, 4) is 11.3 Å². The fourth-order valence-electron chi connectivity index (χ4n) is 2.48. The summed E-state index contributed by atoms with van der Waals surface area (Å²) in [6.07, 6.45) is -3.43. The molecule has 11 heteroatoms. The zero-order valence-electron chi connectivity index (χ0n) is 13.8. The van der Waals surface area contributed by atoms with Gasteiger partial charge in [0, 0.05) is 17.7 Å². The molecule has 0 bridgehead atoms. The topological polar surface area (TPSA) is 80.8 Å². The van der Waals surface area contributed by atoms with Crippen molar-refractivity contribution >= 4 is 46.0 Å². The van der Waals surface area contributed by atoms with E-state index in [1.807, 2.05) is 0 Å². The van der Waals surface area contributed by atoms with Crippen LogP contribution >= 0.6 is 23.2 Å². The van der Waals surface area contributed by atoms with E-state index < -0.39 is 39.3 Å². The van der Waals surface area contributed by atoms with E-state index in [1.54, 1.807) is 6.92 Å². The SMILES string of the molecule is CCNc1[nH]nc(-c2c(Cl)cc(C(F)(F)F)c(C(C)=O)c2Cl)c1[S+](C)[O-]. The predicted molar refractivity (Wildman–Crippen MR) is 95.5 cm³/mol. The molecule has 5 nitrogen and oxygen atoms in total. The molecule has 0 aliphatic heterocycles. The number of hydrogen-bond donors (Lipinski definition) is 2. The molecule has 0 saturated carbocycles. The van der Waals surface area contributed by atoms with Crippen molar-refractivity contribution in [2.45, 2.75) is 24.9 Å². The van der Waals surface area contributed by atoms with Crippen LogP contribution in [0, 0.1) is 0 Å². The average Bonchev–Trinajstić information content (AvgIpc) is 2.89. The van der Waals surface area contributed by atoms with E-state index >= 15 is 0 Å². The molecule has 1 aromatic carbocycles. The lowest BCUT2D eigenvalue weighted by Crippen LogP contribution is -2.13. The standard InChI is InChI=1S/C15H14Cl2F3N3O2S/c1-4-21-14-13(26(3)25)12(22-23-14)10-8(16)5-7(15(18,19)20)9(6(2)24)11(10)17/h5H,4H2,1-3H3,(H2,21,22,23). The van der Waals surface area contributed by atoms with E-state index in [4.69, 9.17) is 23.2 Å². The first-order chi connectivity index (χ1) is 12.0. The van der Waals surface area contributed by atoms with Gasteiger partial charge in [0.25, 0.3) is 0 Å². The van der Waals surface area contributed by atoms with Crippen LogP contribution in [0.25, 0.3) is 11.3 Å². The maximum absolute atomic E-state index is 13.3. The lowest BCUT2D eigenvalue weighted by Gasteiger charge is -2.17. The molecule has 2 rings (SSSR count). The molecule has 0 aliphatic rings. The monoisotopic (exact) mass is 427 g/mol. The first kappa shape index (κ1) is 20.9. The minimum atomic E-state index is -4.82. The molecule has 2 aromatic rings. The highest BCUT2D eigenvalue weighted by Crippen LogP contribution is 2.45. The van der Waals surface area contributed by atoms with E-state index in [-0.39, 0.29) is 21.2 Å². The second kappa shape index (κ2) is 7.67. The third-order valence-corrected chi connectivity index (χ3v) is 5.12. The van der Waals surface area contributed by atoms with Crippen LogP contribution in [0.5, 0.6) is 0 Å². The highest BCUT2D eigenvalue weighted by atomic mass is 35.5. The number of ketones is 1. The summed E-state index contributed by atoms with van der Waals surface area (Å²) in [5, 5.41) is 8.70. The summed E-state index contributed by atoms with van der Waals surface area (Å²) in [6, 6.07) is 0.628. The number of alkyl halides is 3. The second-order valence-electron chi connectivity index (χ2n) is 5.28. The number of rotatable bonds is 5. The normalized spacial score (nSPS) is 13.0. The smallest absolute Gasteiger partial charge is 0.417 e. The second-order valence-corrected chi connectivity index (χ2v) is 7.39. The third kappa shape index (κ3) is 3.80. The molecular formula is C15H14Cl2F3N3O2S. The highest BCUT2D eigenvalue weighted by Gasteiger charge is 2.38. The summed E-state index contributed by atoms with van der Waals surface area (Å²) in [5.74, 6) is -0.540. The van der Waals surface area contributed by atoms with Gasteiger partial charge in [-0.1, -0.05) is 23.2 Å². The number of benzene rings is 1. The molecule has 2 N–H and O–H groups in total. The van der Waals surface area contributed by atoms with Crippen molar-refractivity contribution in [1.82, 2.24) is 10.2 Å². The maximum Gasteiger partial charge on any atom is 0.417 e. The first-order valence-corrected chi connectivity index (χ1v) is 9.58. The van der Waals surface area contributed by atoms with E-state index in [9.17, 15) is 22.5 Å². The van der Waals surface area contributed by atoms with Gasteiger partial charge >= 0.3 is 6.18 Å². The van der Waals surface area contributed by atoms with E-state index in [2.05, 4.69) is 15.5 Å². The summed E-state index contributed by atoms with van der Waals surface area (Å²) in [7, 11) is 0. The van der Waals surface area contributed by atoms with Crippen molar-refractivity contribution in [2.75, 3.05) is 18.1 Å². The van der Waals surface area contributed by atoms with Gasteiger partial charge in [-0.25, -0.2) is 0 Å². The zero-order valence-corrected chi connectivity index (χ0v) is 16.2. The Labute approximate surface area is 160 Å². The summed E-state index contributed by atoms with van der Waals surface area (Å²) in [6.45, 7) is 3.26. The summed E-state index contributed by atoms with van der Waals surface area (Å²) in [5.41, 5.74) is -2.00. The number of nitrogens with one attached hydrogen (secondary N) is 2. The summed E-state index contributed by atoms with van der Waals surface area (Å²) >= 11 is 10.6. The number of Topliss-reactive ketones (excluding diaryl/α,β-unsaturated/α-hetero) is 1. The number of halogens is 5. The van der Waals surface area contributed by atoms with Crippen molar-refractivity contribution in [1.29, 1.82) is 0 Å². The number of carbonyl (C=O) groups is 1. The average molecular weight is 428 g/mol. The fourth-order valence-corrected chi connectivity index (χ4v) is 4.07. The third-order valence-electron chi connectivity index (χ3n) is 3.48. The van der Waals surface area contributed by atoms with Crippen LogP contribution in [-0.4, -0.2) is 33.3 Å². The van der Waals surface area contributed by atoms with Gasteiger partial charge in [0.15, 0.2) is 17.3 Å². The fraction of sp³-hybridized carbons (Fsp3) is 0.333. The predicted octanol–water partition coefficient (Wildman–Crippen LogP) is 4.77. The molecule has 1 unspecified atom stereocenters. The number of H-pyrrole nitrogens is 1. The number of hydrogen-bond acceptors (Lipinski definition) is 4.